The Morgan fingerprint density at radius 1 is 1.03 bits per heavy atom. The lowest BCUT2D eigenvalue weighted by Crippen LogP contribution is -2.09. The van der Waals surface area contributed by atoms with Crippen molar-refractivity contribution in [1.82, 2.24) is 9.78 Å². The van der Waals surface area contributed by atoms with Crippen molar-refractivity contribution < 1.29 is 14.3 Å². The minimum atomic E-state index is -0.404. The molecule has 0 bridgehead atoms. The molecule has 6 heteroatoms. The number of carbonyl (C=O) groups excluding carboxylic acids is 2. The summed E-state index contributed by atoms with van der Waals surface area (Å²) < 4.78 is 7.29. The molecule has 3 rings (SSSR count). The molecule has 1 heterocycles. The lowest BCUT2D eigenvalue weighted by atomic mass is 10.0. The normalized spacial score (nSPS) is 10.6. The van der Waals surface area contributed by atoms with E-state index >= 15 is 0 Å². The van der Waals surface area contributed by atoms with Crippen molar-refractivity contribution in [2.75, 3.05) is 5.32 Å². The van der Waals surface area contributed by atoms with Crippen LogP contribution in [0.1, 0.15) is 39.3 Å². The van der Waals surface area contributed by atoms with Crippen LogP contribution in [-0.2, 0) is 16.0 Å². The summed E-state index contributed by atoms with van der Waals surface area (Å²) in [4.78, 5) is 23.5. The average Bonchev–Trinajstić information content (AvgIpc) is 3.06. The van der Waals surface area contributed by atoms with Crippen LogP contribution in [-0.4, -0.2) is 21.7 Å². The molecule has 29 heavy (non-hydrogen) atoms. The molecular weight excluding hydrogens is 366 g/mol. The van der Waals surface area contributed by atoms with Crippen molar-refractivity contribution in [1.29, 1.82) is 0 Å². The van der Waals surface area contributed by atoms with E-state index in [9.17, 15) is 9.59 Å². The SMILES string of the molecule is CCCc1nn(-c2ccccc2)c(OC(C)=O)c1-c1ccc(NC(=O)CC)cc1. The largest absolute Gasteiger partial charge is 0.407 e. The van der Waals surface area contributed by atoms with Crippen LogP contribution < -0.4 is 10.1 Å². The molecule has 6 nitrogen and oxygen atoms in total. The molecule has 1 N–H and O–H groups in total. The molecule has 150 valence electrons. The van der Waals surface area contributed by atoms with Gasteiger partial charge in [-0.15, -0.1) is 0 Å². The van der Waals surface area contributed by atoms with Gasteiger partial charge in [-0.3, -0.25) is 9.59 Å². The third-order valence-corrected chi connectivity index (χ3v) is 4.42. The topological polar surface area (TPSA) is 73.2 Å². The number of nitrogens with zero attached hydrogens (tertiary/aromatic N) is 2. The highest BCUT2D eigenvalue weighted by molar-refractivity contribution is 5.91. The zero-order valence-corrected chi connectivity index (χ0v) is 16.9. The second kappa shape index (κ2) is 9.19. The van der Waals surface area contributed by atoms with E-state index in [0.717, 1.165) is 41.0 Å². The third-order valence-electron chi connectivity index (χ3n) is 4.42. The van der Waals surface area contributed by atoms with Gasteiger partial charge >= 0.3 is 5.97 Å². The summed E-state index contributed by atoms with van der Waals surface area (Å²) in [5.41, 5.74) is 4.07. The number of benzene rings is 2. The lowest BCUT2D eigenvalue weighted by molar-refractivity contribution is -0.132. The van der Waals surface area contributed by atoms with Gasteiger partial charge in [-0.1, -0.05) is 50.6 Å². The van der Waals surface area contributed by atoms with E-state index in [-0.39, 0.29) is 5.91 Å². The number of aromatic nitrogens is 2. The molecule has 0 aliphatic carbocycles. The summed E-state index contributed by atoms with van der Waals surface area (Å²) in [6.45, 7) is 5.28. The molecule has 0 atom stereocenters. The van der Waals surface area contributed by atoms with Gasteiger partial charge in [0.25, 0.3) is 0 Å². The van der Waals surface area contributed by atoms with E-state index in [4.69, 9.17) is 9.84 Å². The van der Waals surface area contributed by atoms with E-state index in [1.807, 2.05) is 61.5 Å². The summed E-state index contributed by atoms with van der Waals surface area (Å²) in [7, 11) is 0. The first-order chi connectivity index (χ1) is 14.0. The van der Waals surface area contributed by atoms with E-state index < -0.39 is 5.97 Å². The molecule has 0 aliphatic rings. The van der Waals surface area contributed by atoms with Crippen LogP contribution in [0, 0.1) is 0 Å². The van der Waals surface area contributed by atoms with Crippen molar-refractivity contribution in [3.05, 3.63) is 60.3 Å². The van der Waals surface area contributed by atoms with Crippen LogP contribution in [0.5, 0.6) is 5.88 Å². The summed E-state index contributed by atoms with van der Waals surface area (Å²) in [5.74, 6) is -0.0439. The number of aryl methyl sites for hydroxylation is 1. The zero-order valence-electron chi connectivity index (χ0n) is 16.9. The number of amides is 1. The van der Waals surface area contributed by atoms with Crippen LogP contribution in [0.15, 0.2) is 54.6 Å². The maximum absolute atomic E-state index is 11.8. The molecular formula is C23H25N3O3. The van der Waals surface area contributed by atoms with Crippen LogP contribution in [0.3, 0.4) is 0 Å². The van der Waals surface area contributed by atoms with E-state index in [1.54, 1.807) is 4.68 Å². The van der Waals surface area contributed by atoms with Gasteiger partial charge in [-0.25, -0.2) is 0 Å². The molecule has 0 spiro atoms. The maximum atomic E-state index is 11.8. The number of anilines is 1. The number of ether oxygens (including phenoxy) is 1. The fourth-order valence-electron chi connectivity index (χ4n) is 3.09. The van der Waals surface area contributed by atoms with Crippen LogP contribution in [0.4, 0.5) is 5.69 Å². The zero-order chi connectivity index (χ0) is 20.8. The Hall–Kier alpha value is -3.41. The highest BCUT2D eigenvalue weighted by atomic mass is 16.5. The Labute approximate surface area is 170 Å². The molecule has 0 aliphatic heterocycles. The summed E-state index contributed by atoms with van der Waals surface area (Å²) in [6, 6.07) is 17.1. The minimum absolute atomic E-state index is 0.0399. The number of hydrogen-bond donors (Lipinski definition) is 1. The van der Waals surface area contributed by atoms with Gasteiger partial charge in [-0.05, 0) is 36.2 Å². The fraction of sp³-hybridized carbons (Fsp3) is 0.261. The predicted octanol–water partition coefficient (Wildman–Crippen LogP) is 4.77. The monoisotopic (exact) mass is 391 g/mol. The number of para-hydroxylation sites is 1. The van der Waals surface area contributed by atoms with Gasteiger partial charge in [0.2, 0.25) is 11.8 Å². The summed E-state index contributed by atoms with van der Waals surface area (Å²) in [6.07, 6.45) is 2.07. The Balaban J connectivity index is 2.11. The maximum Gasteiger partial charge on any atom is 0.309 e. The molecule has 0 fully saturated rings. The van der Waals surface area contributed by atoms with Crippen LogP contribution in [0.25, 0.3) is 16.8 Å². The predicted molar refractivity (Wildman–Crippen MR) is 113 cm³/mol. The Bertz CT molecular complexity index is 992. The standard InChI is InChI=1S/C23H25N3O3/c1-4-9-20-22(17-12-14-18(15-13-17)24-21(28)5-2)23(29-16(3)27)26(25-20)19-10-7-6-8-11-19/h6-8,10-15H,4-5,9H2,1-3H3,(H,24,28). The van der Waals surface area contributed by atoms with Crippen molar-refractivity contribution in [2.45, 2.75) is 40.0 Å². The molecule has 2 aromatic carbocycles. The summed E-state index contributed by atoms with van der Waals surface area (Å²) >= 11 is 0. The average molecular weight is 391 g/mol. The first kappa shape index (κ1) is 20.3. The Kier molecular flexibility index (Phi) is 6.44. The van der Waals surface area contributed by atoms with Gasteiger partial charge in [-0.2, -0.15) is 9.78 Å². The van der Waals surface area contributed by atoms with Crippen LogP contribution >= 0.6 is 0 Å². The number of nitrogens with one attached hydrogen (secondary N) is 1. The highest BCUT2D eigenvalue weighted by Gasteiger charge is 2.23. The van der Waals surface area contributed by atoms with E-state index in [2.05, 4.69) is 12.2 Å². The molecule has 0 saturated heterocycles. The molecule has 3 aromatic rings. The van der Waals surface area contributed by atoms with E-state index in [0.29, 0.717) is 12.3 Å². The molecule has 0 saturated carbocycles. The Morgan fingerprint density at radius 3 is 2.31 bits per heavy atom. The van der Waals surface area contributed by atoms with Crippen LogP contribution in [0.2, 0.25) is 0 Å². The van der Waals surface area contributed by atoms with Crippen molar-refractivity contribution in [3.8, 4) is 22.7 Å². The summed E-state index contributed by atoms with van der Waals surface area (Å²) in [5, 5.41) is 7.60. The van der Waals surface area contributed by atoms with E-state index in [1.165, 1.54) is 6.92 Å². The van der Waals surface area contributed by atoms with Gasteiger partial charge in [0, 0.05) is 19.0 Å². The molecule has 1 aromatic heterocycles. The second-order valence-corrected chi connectivity index (χ2v) is 6.70. The minimum Gasteiger partial charge on any atom is -0.407 e. The number of carbonyl (C=O) groups is 2. The quantitative estimate of drug-likeness (QED) is 0.589. The van der Waals surface area contributed by atoms with Gasteiger partial charge in [0.1, 0.15) is 0 Å². The van der Waals surface area contributed by atoms with Gasteiger partial charge < -0.3 is 10.1 Å². The van der Waals surface area contributed by atoms with Crippen molar-refractivity contribution in [2.24, 2.45) is 0 Å². The number of esters is 1. The lowest BCUT2D eigenvalue weighted by Gasteiger charge is -2.10. The van der Waals surface area contributed by atoms with Gasteiger partial charge in [0.15, 0.2) is 0 Å². The molecule has 0 radical (unpaired) electrons. The molecule has 1 amide bonds. The van der Waals surface area contributed by atoms with Crippen molar-refractivity contribution in [3.63, 3.8) is 0 Å². The molecule has 0 unspecified atom stereocenters. The van der Waals surface area contributed by atoms with Crippen molar-refractivity contribution >= 4 is 17.6 Å². The Morgan fingerprint density at radius 2 is 1.72 bits per heavy atom. The highest BCUT2D eigenvalue weighted by Crippen LogP contribution is 2.37. The second-order valence-electron chi connectivity index (χ2n) is 6.70. The number of hydrogen-bond acceptors (Lipinski definition) is 4. The number of rotatable bonds is 7. The fourth-order valence-corrected chi connectivity index (χ4v) is 3.09. The third kappa shape index (κ3) is 4.71. The first-order valence-electron chi connectivity index (χ1n) is 9.79. The first-order valence-corrected chi connectivity index (χ1v) is 9.79. The smallest absolute Gasteiger partial charge is 0.309 e. The van der Waals surface area contributed by atoms with Gasteiger partial charge in [0.05, 0.1) is 16.9 Å².